The Bertz CT molecular complexity index is 1710. The van der Waals surface area contributed by atoms with Crippen LogP contribution in [0.15, 0.2) is 78.4 Å². The fourth-order valence-electron chi connectivity index (χ4n) is 5.18. The van der Waals surface area contributed by atoms with E-state index >= 15 is 0 Å². The van der Waals surface area contributed by atoms with Gasteiger partial charge in [-0.3, -0.25) is 24.2 Å². The molecule has 0 saturated carbocycles. The number of anilines is 2. The van der Waals surface area contributed by atoms with Gasteiger partial charge in [0.15, 0.2) is 11.5 Å². The Morgan fingerprint density at radius 2 is 1.65 bits per heavy atom. The molecule has 2 aromatic heterocycles. The molecule has 0 bridgehead atoms. The Labute approximate surface area is 269 Å². The third-order valence-corrected chi connectivity index (χ3v) is 8.42. The lowest BCUT2D eigenvalue weighted by molar-refractivity contribution is -0.137. The Morgan fingerprint density at radius 1 is 0.913 bits per heavy atom. The molecule has 4 aromatic rings. The number of aliphatic carboxylic acids is 1. The molecule has 1 aliphatic rings. The van der Waals surface area contributed by atoms with E-state index in [4.69, 9.17) is 9.47 Å². The van der Waals surface area contributed by atoms with Crippen molar-refractivity contribution in [3.8, 4) is 11.5 Å². The fourth-order valence-corrected chi connectivity index (χ4v) is 5.87. The summed E-state index contributed by atoms with van der Waals surface area (Å²) in [6.07, 6.45) is 2.73. The molecule has 2 aromatic carbocycles. The number of pyridine rings is 1. The predicted octanol–water partition coefficient (Wildman–Crippen LogP) is 4.32. The minimum atomic E-state index is -1.08. The van der Waals surface area contributed by atoms with Gasteiger partial charge >= 0.3 is 5.97 Å². The maximum absolute atomic E-state index is 13.5. The van der Waals surface area contributed by atoms with Gasteiger partial charge in [-0.25, -0.2) is 0 Å². The molecule has 13 heteroatoms. The number of hydrogen-bond donors (Lipinski definition) is 3. The van der Waals surface area contributed by atoms with Crippen LogP contribution in [0.4, 0.5) is 11.4 Å². The standard InChI is InChI=1S/C33H33N5O7S/c1-44-27-10-8-22(18-28(27)45-2)32(42)36-25-17-21(31(41)35-24(19-30(39)40)23-5-3-11-34-20-23)7-9-26(25)37-12-14-38(15-13-37)33(43)29-6-4-16-46-29/h3-11,16-18,20,24H,12-15,19H2,1-2H3,(H,35,41)(H,36,42)(H,39,40). The normalized spacial score (nSPS) is 13.4. The number of nitrogens with one attached hydrogen (secondary N) is 2. The largest absolute Gasteiger partial charge is 0.493 e. The number of nitrogens with zero attached hydrogens (tertiary/aromatic N) is 3. The van der Waals surface area contributed by atoms with Crippen molar-refractivity contribution in [1.29, 1.82) is 0 Å². The first-order chi connectivity index (χ1) is 22.3. The van der Waals surface area contributed by atoms with Crippen molar-refractivity contribution in [2.45, 2.75) is 12.5 Å². The molecule has 0 radical (unpaired) electrons. The van der Waals surface area contributed by atoms with Crippen molar-refractivity contribution < 1.29 is 33.8 Å². The van der Waals surface area contributed by atoms with Crippen molar-refractivity contribution in [2.75, 3.05) is 50.6 Å². The summed E-state index contributed by atoms with van der Waals surface area (Å²) in [6, 6.07) is 15.9. The zero-order chi connectivity index (χ0) is 32.6. The van der Waals surface area contributed by atoms with Gasteiger partial charge in [0.1, 0.15) is 0 Å². The van der Waals surface area contributed by atoms with Crippen LogP contribution < -0.4 is 25.0 Å². The van der Waals surface area contributed by atoms with Gasteiger partial charge in [-0.15, -0.1) is 11.3 Å². The number of amides is 3. The minimum Gasteiger partial charge on any atom is -0.493 e. The van der Waals surface area contributed by atoms with E-state index in [-0.39, 0.29) is 17.9 Å². The third kappa shape index (κ3) is 7.44. The summed E-state index contributed by atoms with van der Waals surface area (Å²) in [6.45, 7) is 1.96. The molecular formula is C33H33N5O7S. The Kier molecular flexibility index (Phi) is 10.1. The van der Waals surface area contributed by atoms with E-state index in [0.717, 1.165) is 0 Å². The van der Waals surface area contributed by atoms with Gasteiger partial charge in [0.2, 0.25) is 0 Å². The summed E-state index contributed by atoms with van der Waals surface area (Å²) < 4.78 is 10.7. The average Bonchev–Trinajstić information content (AvgIpc) is 3.63. The van der Waals surface area contributed by atoms with E-state index in [0.29, 0.717) is 65.1 Å². The van der Waals surface area contributed by atoms with Crippen molar-refractivity contribution >= 4 is 46.4 Å². The molecule has 5 rings (SSSR count). The Hall–Kier alpha value is -5.43. The summed E-state index contributed by atoms with van der Waals surface area (Å²) in [7, 11) is 2.98. The van der Waals surface area contributed by atoms with E-state index in [1.54, 1.807) is 65.7 Å². The van der Waals surface area contributed by atoms with Gasteiger partial charge in [0, 0.05) is 49.7 Å². The molecule has 12 nitrogen and oxygen atoms in total. The zero-order valence-electron chi connectivity index (χ0n) is 25.3. The molecular weight excluding hydrogens is 610 g/mol. The van der Waals surface area contributed by atoms with Crippen LogP contribution in [0.3, 0.4) is 0 Å². The number of hydrogen-bond acceptors (Lipinski definition) is 9. The van der Waals surface area contributed by atoms with Gasteiger partial charge in [-0.2, -0.15) is 0 Å². The summed E-state index contributed by atoms with van der Waals surface area (Å²) in [5, 5.41) is 17.1. The van der Waals surface area contributed by atoms with Crippen molar-refractivity contribution in [2.24, 2.45) is 0 Å². The number of carbonyl (C=O) groups is 4. The number of carboxylic acids is 1. The quantitative estimate of drug-likeness (QED) is 0.217. The maximum atomic E-state index is 13.5. The topological polar surface area (TPSA) is 150 Å². The lowest BCUT2D eigenvalue weighted by Gasteiger charge is -2.37. The minimum absolute atomic E-state index is 0.0202. The highest BCUT2D eigenvalue weighted by molar-refractivity contribution is 7.12. The van der Waals surface area contributed by atoms with Crippen LogP contribution in [-0.2, 0) is 4.79 Å². The number of piperazine rings is 1. The number of carbonyl (C=O) groups excluding carboxylic acids is 3. The Balaban J connectivity index is 1.41. The third-order valence-electron chi connectivity index (χ3n) is 7.56. The van der Waals surface area contributed by atoms with E-state index in [1.165, 1.54) is 31.8 Å². The summed E-state index contributed by atoms with van der Waals surface area (Å²) in [5.41, 5.74) is 2.12. The molecule has 3 heterocycles. The fraction of sp³-hybridized carbons (Fsp3) is 0.242. The van der Waals surface area contributed by atoms with E-state index in [2.05, 4.69) is 15.6 Å². The average molecular weight is 644 g/mol. The predicted molar refractivity (Wildman–Crippen MR) is 173 cm³/mol. The van der Waals surface area contributed by atoms with Crippen LogP contribution in [0.25, 0.3) is 0 Å². The molecule has 0 aliphatic carbocycles. The highest BCUT2D eigenvalue weighted by Crippen LogP contribution is 2.32. The first kappa shape index (κ1) is 32.0. The summed E-state index contributed by atoms with van der Waals surface area (Å²) >= 11 is 1.40. The van der Waals surface area contributed by atoms with Gasteiger partial charge < -0.3 is 35.0 Å². The zero-order valence-corrected chi connectivity index (χ0v) is 26.1. The second-order valence-corrected chi connectivity index (χ2v) is 11.4. The highest BCUT2D eigenvalue weighted by Gasteiger charge is 2.26. The van der Waals surface area contributed by atoms with Crippen LogP contribution in [0.2, 0.25) is 0 Å². The van der Waals surface area contributed by atoms with E-state index in [1.807, 2.05) is 16.3 Å². The highest BCUT2D eigenvalue weighted by atomic mass is 32.1. The lowest BCUT2D eigenvalue weighted by atomic mass is 10.0. The van der Waals surface area contributed by atoms with Crippen molar-refractivity contribution in [3.63, 3.8) is 0 Å². The van der Waals surface area contributed by atoms with Gasteiger partial charge in [-0.1, -0.05) is 12.1 Å². The molecule has 238 valence electrons. The molecule has 3 amide bonds. The van der Waals surface area contributed by atoms with Crippen LogP contribution in [0.1, 0.15) is 48.4 Å². The Morgan fingerprint density at radius 3 is 2.30 bits per heavy atom. The molecule has 46 heavy (non-hydrogen) atoms. The van der Waals surface area contributed by atoms with Crippen LogP contribution in [0.5, 0.6) is 11.5 Å². The number of carboxylic acid groups (broad SMARTS) is 1. The lowest BCUT2D eigenvalue weighted by Crippen LogP contribution is -2.48. The maximum Gasteiger partial charge on any atom is 0.305 e. The van der Waals surface area contributed by atoms with Gasteiger partial charge in [0.25, 0.3) is 17.7 Å². The molecule has 3 N–H and O–H groups in total. The molecule has 1 saturated heterocycles. The number of thiophene rings is 1. The first-order valence-corrected chi connectivity index (χ1v) is 15.3. The summed E-state index contributed by atoms with van der Waals surface area (Å²) in [5.74, 6) is -1.20. The number of benzene rings is 2. The summed E-state index contributed by atoms with van der Waals surface area (Å²) in [4.78, 5) is 60.0. The number of aromatic nitrogens is 1. The van der Waals surface area contributed by atoms with Crippen LogP contribution in [0, 0.1) is 0 Å². The number of ether oxygens (including phenoxy) is 2. The van der Waals surface area contributed by atoms with Crippen LogP contribution in [-0.4, -0.2) is 79.1 Å². The molecule has 1 fully saturated rings. The monoisotopic (exact) mass is 643 g/mol. The first-order valence-electron chi connectivity index (χ1n) is 14.4. The molecule has 1 aliphatic heterocycles. The SMILES string of the molecule is COc1ccc(C(=O)Nc2cc(C(=O)NC(CC(=O)O)c3cccnc3)ccc2N2CCN(C(=O)c3cccs3)CC2)cc1OC. The van der Waals surface area contributed by atoms with Crippen molar-refractivity contribution in [1.82, 2.24) is 15.2 Å². The van der Waals surface area contributed by atoms with Gasteiger partial charge in [0.05, 0.1) is 42.9 Å². The van der Waals surface area contributed by atoms with Gasteiger partial charge in [-0.05, 0) is 59.5 Å². The number of rotatable bonds is 11. The molecule has 1 unspecified atom stereocenters. The van der Waals surface area contributed by atoms with Crippen LogP contribution >= 0.6 is 11.3 Å². The van der Waals surface area contributed by atoms with Crippen molar-refractivity contribution in [3.05, 3.63) is 100 Å². The number of methoxy groups -OCH3 is 2. The van der Waals surface area contributed by atoms with E-state index in [9.17, 15) is 24.3 Å². The molecule has 0 spiro atoms. The molecule has 1 atom stereocenters. The second-order valence-electron chi connectivity index (χ2n) is 10.4. The van der Waals surface area contributed by atoms with E-state index < -0.39 is 23.8 Å². The second kappa shape index (κ2) is 14.6. The smallest absolute Gasteiger partial charge is 0.305 e.